The van der Waals surface area contributed by atoms with E-state index in [1.54, 1.807) is 6.92 Å². The van der Waals surface area contributed by atoms with Crippen molar-refractivity contribution in [1.82, 2.24) is 14.9 Å². The van der Waals surface area contributed by atoms with Gasteiger partial charge in [-0.25, -0.2) is 17.9 Å². The number of carboxylic acids is 1. The standard InChI is InChI=1S/C10H11N3O5S2/c1-6-12-9(13-18-6)2-3-11-20(16,17)7-4-8(10(14)15)19-5-7/h4-5,11H,2-3H2,1H3,(H,14,15). The fraction of sp³-hybridized carbons (Fsp3) is 0.300. The molecule has 8 nitrogen and oxygen atoms in total. The molecule has 0 aliphatic carbocycles. The predicted octanol–water partition coefficient (Wildman–Crippen LogP) is 0.659. The highest BCUT2D eigenvalue weighted by atomic mass is 32.2. The average Bonchev–Trinajstić information content (AvgIpc) is 2.98. The molecule has 0 amide bonds. The van der Waals surface area contributed by atoms with Gasteiger partial charge in [-0.3, -0.25) is 0 Å². The Labute approximate surface area is 118 Å². The summed E-state index contributed by atoms with van der Waals surface area (Å²) in [5, 5.41) is 13.7. The topological polar surface area (TPSA) is 122 Å². The van der Waals surface area contributed by atoms with Crippen LogP contribution in [0.3, 0.4) is 0 Å². The quantitative estimate of drug-likeness (QED) is 0.802. The number of aromatic carboxylic acids is 1. The summed E-state index contributed by atoms with van der Waals surface area (Å²) in [6.45, 7) is 1.74. The zero-order valence-corrected chi connectivity index (χ0v) is 12.0. The number of hydrogen-bond donors (Lipinski definition) is 2. The zero-order chi connectivity index (χ0) is 14.8. The van der Waals surface area contributed by atoms with Gasteiger partial charge in [0, 0.05) is 25.3 Å². The Morgan fingerprint density at radius 3 is 2.85 bits per heavy atom. The van der Waals surface area contributed by atoms with Gasteiger partial charge in [-0.1, -0.05) is 5.16 Å². The third-order valence-electron chi connectivity index (χ3n) is 2.31. The maximum Gasteiger partial charge on any atom is 0.345 e. The zero-order valence-electron chi connectivity index (χ0n) is 10.4. The molecular formula is C10H11N3O5S2. The molecule has 2 aromatic heterocycles. The summed E-state index contributed by atoms with van der Waals surface area (Å²) in [5.41, 5.74) is 0. The number of carboxylic acid groups (broad SMARTS) is 1. The van der Waals surface area contributed by atoms with Crippen molar-refractivity contribution in [1.29, 1.82) is 0 Å². The Morgan fingerprint density at radius 1 is 1.55 bits per heavy atom. The molecule has 0 aromatic carbocycles. The van der Waals surface area contributed by atoms with Crippen LogP contribution in [0.15, 0.2) is 20.9 Å². The lowest BCUT2D eigenvalue weighted by molar-refractivity contribution is 0.0702. The van der Waals surface area contributed by atoms with Gasteiger partial charge in [-0.15, -0.1) is 11.3 Å². The molecule has 2 aromatic rings. The molecular weight excluding hydrogens is 306 g/mol. The minimum absolute atomic E-state index is 0.0285. The first kappa shape index (κ1) is 14.6. The van der Waals surface area contributed by atoms with E-state index in [-0.39, 0.29) is 22.7 Å². The summed E-state index contributed by atoms with van der Waals surface area (Å²) >= 11 is 0.859. The maximum absolute atomic E-state index is 11.9. The van der Waals surface area contributed by atoms with E-state index in [9.17, 15) is 13.2 Å². The molecule has 2 N–H and O–H groups in total. The van der Waals surface area contributed by atoms with Gasteiger partial charge in [0.05, 0.1) is 4.90 Å². The molecule has 0 atom stereocenters. The monoisotopic (exact) mass is 317 g/mol. The van der Waals surface area contributed by atoms with Crippen LogP contribution in [-0.2, 0) is 16.4 Å². The number of aryl methyl sites for hydroxylation is 1. The Bertz CT molecular complexity index is 719. The van der Waals surface area contributed by atoms with E-state index in [2.05, 4.69) is 14.9 Å². The van der Waals surface area contributed by atoms with E-state index < -0.39 is 16.0 Å². The minimum atomic E-state index is -3.73. The molecule has 2 heterocycles. The van der Waals surface area contributed by atoms with Gasteiger partial charge < -0.3 is 9.63 Å². The molecule has 20 heavy (non-hydrogen) atoms. The maximum atomic E-state index is 11.9. The van der Waals surface area contributed by atoms with Gasteiger partial charge in [0.2, 0.25) is 15.9 Å². The molecule has 108 valence electrons. The second-order valence-electron chi connectivity index (χ2n) is 3.83. The van der Waals surface area contributed by atoms with Gasteiger partial charge >= 0.3 is 5.97 Å². The molecule has 0 aliphatic heterocycles. The summed E-state index contributed by atoms with van der Waals surface area (Å²) in [4.78, 5) is 14.6. The van der Waals surface area contributed by atoms with E-state index in [0.717, 1.165) is 17.4 Å². The summed E-state index contributed by atoms with van der Waals surface area (Å²) < 4.78 is 30.9. The van der Waals surface area contributed by atoms with Crippen LogP contribution in [0.1, 0.15) is 21.4 Å². The van der Waals surface area contributed by atoms with Crippen molar-refractivity contribution in [2.24, 2.45) is 0 Å². The van der Waals surface area contributed by atoms with Crippen LogP contribution in [0.4, 0.5) is 0 Å². The number of nitrogens with zero attached hydrogens (tertiary/aromatic N) is 2. The normalized spacial score (nSPS) is 11.7. The first-order valence-corrected chi connectivity index (χ1v) is 7.85. The molecule has 0 radical (unpaired) electrons. The molecule has 2 rings (SSSR count). The molecule has 0 unspecified atom stereocenters. The number of hydrogen-bond acceptors (Lipinski definition) is 7. The van der Waals surface area contributed by atoms with Crippen LogP contribution < -0.4 is 4.72 Å². The molecule has 0 aliphatic rings. The first-order valence-electron chi connectivity index (χ1n) is 5.49. The Hall–Kier alpha value is -1.78. The summed E-state index contributed by atoms with van der Waals surface area (Å²) in [5.74, 6) is -0.341. The van der Waals surface area contributed by atoms with E-state index in [1.807, 2.05) is 0 Å². The van der Waals surface area contributed by atoms with Gasteiger partial charge in [0.1, 0.15) is 4.88 Å². The van der Waals surface area contributed by atoms with Crippen molar-refractivity contribution in [2.45, 2.75) is 18.2 Å². The van der Waals surface area contributed by atoms with E-state index in [4.69, 9.17) is 9.63 Å². The Morgan fingerprint density at radius 2 is 2.30 bits per heavy atom. The van der Waals surface area contributed by atoms with E-state index in [0.29, 0.717) is 11.7 Å². The summed E-state index contributed by atoms with van der Waals surface area (Å²) in [7, 11) is -3.73. The SMILES string of the molecule is Cc1nc(CCNS(=O)(=O)c2csc(C(=O)O)c2)no1. The van der Waals surface area contributed by atoms with Crippen LogP contribution in [0, 0.1) is 6.92 Å². The second-order valence-corrected chi connectivity index (χ2v) is 6.51. The molecule has 0 bridgehead atoms. The molecule has 10 heteroatoms. The first-order chi connectivity index (χ1) is 9.38. The van der Waals surface area contributed by atoms with Crippen molar-refractivity contribution in [3.05, 3.63) is 28.0 Å². The molecule has 0 saturated heterocycles. The number of nitrogens with one attached hydrogen (secondary N) is 1. The van der Waals surface area contributed by atoms with Crippen LogP contribution >= 0.6 is 11.3 Å². The van der Waals surface area contributed by atoms with E-state index >= 15 is 0 Å². The van der Waals surface area contributed by atoms with Crippen molar-refractivity contribution in [2.75, 3.05) is 6.54 Å². The summed E-state index contributed by atoms with van der Waals surface area (Å²) in [6, 6.07) is 1.12. The number of thiophene rings is 1. The van der Waals surface area contributed by atoms with Crippen molar-refractivity contribution in [3.8, 4) is 0 Å². The smallest absolute Gasteiger partial charge is 0.345 e. The number of rotatable bonds is 6. The van der Waals surface area contributed by atoms with Crippen molar-refractivity contribution >= 4 is 27.3 Å². The van der Waals surface area contributed by atoms with Gasteiger partial charge in [0.15, 0.2) is 5.82 Å². The number of carbonyl (C=O) groups is 1. The average molecular weight is 317 g/mol. The Balaban J connectivity index is 1.98. The summed E-state index contributed by atoms with van der Waals surface area (Å²) in [6.07, 6.45) is 0.284. The van der Waals surface area contributed by atoms with Gasteiger partial charge in [-0.05, 0) is 6.07 Å². The lowest BCUT2D eigenvalue weighted by atomic mass is 10.4. The Kier molecular flexibility index (Phi) is 4.16. The van der Waals surface area contributed by atoms with Crippen LogP contribution in [0.5, 0.6) is 0 Å². The predicted molar refractivity (Wildman–Crippen MR) is 69.2 cm³/mol. The fourth-order valence-corrected chi connectivity index (χ4v) is 3.54. The third kappa shape index (κ3) is 3.40. The highest BCUT2D eigenvalue weighted by Gasteiger charge is 2.18. The third-order valence-corrected chi connectivity index (χ3v) is 4.81. The van der Waals surface area contributed by atoms with Crippen molar-refractivity contribution in [3.63, 3.8) is 0 Å². The largest absolute Gasteiger partial charge is 0.477 e. The molecule has 0 spiro atoms. The molecule has 0 saturated carbocycles. The van der Waals surface area contributed by atoms with Crippen molar-refractivity contribution < 1.29 is 22.8 Å². The van der Waals surface area contributed by atoms with Crippen LogP contribution in [0.2, 0.25) is 0 Å². The minimum Gasteiger partial charge on any atom is -0.477 e. The lowest BCUT2D eigenvalue weighted by Crippen LogP contribution is -2.25. The number of aromatic nitrogens is 2. The fourth-order valence-electron chi connectivity index (χ4n) is 1.40. The lowest BCUT2D eigenvalue weighted by Gasteiger charge is -2.02. The highest BCUT2D eigenvalue weighted by molar-refractivity contribution is 7.89. The van der Waals surface area contributed by atoms with Gasteiger partial charge in [0.25, 0.3) is 0 Å². The van der Waals surface area contributed by atoms with Crippen LogP contribution in [-0.4, -0.2) is 36.2 Å². The second kappa shape index (κ2) is 5.69. The van der Waals surface area contributed by atoms with Crippen LogP contribution in [0.25, 0.3) is 0 Å². The highest BCUT2D eigenvalue weighted by Crippen LogP contribution is 2.18. The van der Waals surface area contributed by atoms with Gasteiger partial charge in [-0.2, -0.15) is 4.98 Å². The molecule has 0 fully saturated rings. The van der Waals surface area contributed by atoms with E-state index in [1.165, 1.54) is 5.38 Å². The number of sulfonamides is 1.